The Kier molecular flexibility index (Phi) is 6.13. The van der Waals surface area contributed by atoms with E-state index < -0.39 is 0 Å². The highest BCUT2D eigenvalue weighted by Crippen LogP contribution is 2.22. The summed E-state index contributed by atoms with van der Waals surface area (Å²) in [7, 11) is 0. The van der Waals surface area contributed by atoms with Crippen molar-refractivity contribution in [2.45, 2.75) is 19.9 Å². The van der Waals surface area contributed by atoms with Gasteiger partial charge in [-0.3, -0.25) is 4.90 Å². The average Bonchev–Trinajstić information content (AvgIpc) is 2.92. The Morgan fingerprint density at radius 1 is 1.48 bits per heavy atom. The fraction of sp³-hybridized carbons (Fsp3) is 0.294. The van der Waals surface area contributed by atoms with Crippen LogP contribution < -0.4 is 16.4 Å². The lowest BCUT2D eigenvalue weighted by molar-refractivity contribution is 0.297. The Bertz CT molecular complexity index is 726. The van der Waals surface area contributed by atoms with Crippen molar-refractivity contribution in [3.05, 3.63) is 54.4 Å². The molecule has 1 heterocycles. The molecule has 1 aliphatic heterocycles. The van der Waals surface area contributed by atoms with E-state index in [1.807, 2.05) is 13.8 Å². The Morgan fingerprint density at radius 2 is 2.20 bits per heavy atom. The summed E-state index contributed by atoms with van der Waals surface area (Å²) in [6.07, 6.45) is 1.34. The fourth-order valence-corrected chi connectivity index (χ4v) is 2.29. The number of para-hydroxylation sites is 1. The molecule has 1 aromatic rings. The number of guanidine groups is 1. The van der Waals surface area contributed by atoms with Crippen LogP contribution in [0.1, 0.15) is 13.8 Å². The predicted molar refractivity (Wildman–Crippen MR) is 98.4 cm³/mol. The Labute approximate surface area is 146 Å². The van der Waals surface area contributed by atoms with Crippen molar-refractivity contribution in [2.75, 3.05) is 18.5 Å². The second kappa shape index (κ2) is 8.29. The van der Waals surface area contributed by atoms with Crippen LogP contribution in [0.4, 0.5) is 10.1 Å². The molecule has 0 amide bonds. The molecule has 0 spiro atoms. The van der Waals surface area contributed by atoms with Crippen LogP contribution in [0.25, 0.3) is 0 Å². The molecule has 0 aliphatic carbocycles. The highest BCUT2D eigenvalue weighted by atomic mass is 19.1. The van der Waals surface area contributed by atoms with Gasteiger partial charge in [0.05, 0.1) is 12.3 Å². The lowest BCUT2D eigenvalue weighted by Gasteiger charge is -2.26. The van der Waals surface area contributed by atoms with E-state index in [4.69, 9.17) is 10.8 Å². The number of hydrogen-bond acceptors (Lipinski definition) is 6. The van der Waals surface area contributed by atoms with Crippen molar-refractivity contribution in [3.8, 4) is 0 Å². The molecule has 5 N–H and O–H groups in total. The van der Waals surface area contributed by atoms with Crippen LogP contribution in [0.2, 0.25) is 0 Å². The molecule has 1 aromatic carbocycles. The fourth-order valence-electron chi connectivity index (χ4n) is 2.29. The molecular weight excluding hydrogens is 323 g/mol. The second-order valence-electron chi connectivity index (χ2n) is 5.59. The van der Waals surface area contributed by atoms with Crippen molar-refractivity contribution in [1.29, 1.82) is 0 Å². The maximum atomic E-state index is 13.9. The summed E-state index contributed by atoms with van der Waals surface area (Å²) < 4.78 is 13.9. The zero-order valence-corrected chi connectivity index (χ0v) is 14.3. The van der Waals surface area contributed by atoms with E-state index in [1.165, 1.54) is 12.3 Å². The smallest absolute Gasteiger partial charge is 0.210 e. The van der Waals surface area contributed by atoms with Gasteiger partial charge < -0.3 is 21.5 Å². The highest BCUT2D eigenvalue weighted by molar-refractivity contribution is 6.18. The molecule has 0 saturated carbocycles. The minimum Gasteiger partial charge on any atom is -0.403 e. The van der Waals surface area contributed by atoms with Gasteiger partial charge in [-0.2, -0.15) is 0 Å². The first-order chi connectivity index (χ1) is 12.0. The number of rotatable bonds is 6. The van der Waals surface area contributed by atoms with Crippen molar-refractivity contribution in [3.63, 3.8) is 0 Å². The number of benzene rings is 1. The summed E-state index contributed by atoms with van der Waals surface area (Å²) in [4.78, 5) is 10.6. The van der Waals surface area contributed by atoms with Crippen LogP contribution in [0.3, 0.4) is 0 Å². The summed E-state index contributed by atoms with van der Waals surface area (Å²) >= 11 is 0. The summed E-state index contributed by atoms with van der Waals surface area (Å²) in [5.74, 6) is 0.903. The normalized spacial score (nSPS) is 17.3. The van der Waals surface area contributed by atoms with Crippen LogP contribution in [0.15, 0.2) is 58.5 Å². The Balaban J connectivity index is 2.33. The standard InChI is InChI=1S/C17H23FN6O/c1-11(2)24-16(21-12(3)20-8-9-25)15(10-19)23-17(24)22-14-7-5-4-6-13(14)18/h4-7,10-11,20,25H,3,8-9,19H2,1-2H3,(H,22,23)/b15-10+,21-16+. The van der Waals surface area contributed by atoms with Crippen LogP contribution in [-0.2, 0) is 0 Å². The molecule has 0 bridgehead atoms. The maximum Gasteiger partial charge on any atom is 0.210 e. The predicted octanol–water partition coefficient (Wildman–Crippen LogP) is 1.57. The molecule has 0 unspecified atom stereocenters. The third-order valence-corrected chi connectivity index (χ3v) is 3.39. The zero-order valence-electron chi connectivity index (χ0n) is 14.3. The van der Waals surface area contributed by atoms with E-state index in [0.29, 0.717) is 35.5 Å². The molecule has 2 rings (SSSR count). The molecule has 25 heavy (non-hydrogen) atoms. The Hall–Kier alpha value is -2.87. The minimum atomic E-state index is -0.383. The number of amidine groups is 1. The average molecular weight is 346 g/mol. The van der Waals surface area contributed by atoms with Gasteiger partial charge in [-0.15, -0.1) is 0 Å². The lowest BCUT2D eigenvalue weighted by Crippen LogP contribution is -2.42. The van der Waals surface area contributed by atoms with Crippen molar-refractivity contribution < 1.29 is 9.50 Å². The third kappa shape index (κ3) is 4.36. The monoisotopic (exact) mass is 346 g/mol. The maximum absolute atomic E-state index is 13.9. The first-order valence-electron chi connectivity index (χ1n) is 7.92. The van der Waals surface area contributed by atoms with Crippen LogP contribution in [0, 0.1) is 5.82 Å². The van der Waals surface area contributed by atoms with Crippen molar-refractivity contribution in [2.24, 2.45) is 15.7 Å². The van der Waals surface area contributed by atoms with Gasteiger partial charge in [-0.1, -0.05) is 18.7 Å². The summed E-state index contributed by atoms with van der Waals surface area (Å²) in [6, 6.07) is 6.33. The largest absolute Gasteiger partial charge is 0.403 e. The van der Waals surface area contributed by atoms with Crippen molar-refractivity contribution in [1.82, 2.24) is 10.2 Å². The molecule has 8 heteroatoms. The second-order valence-corrected chi connectivity index (χ2v) is 5.59. The molecule has 0 aromatic heterocycles. The van der Waals surface area contributed by atoms with Crippen LogP contribution >= 0.6 is 0 Å². The van der Waals surface area contributed by atoms with E-state index in [-0.39, 0.29) is 18.5 Å². The summed E-state index contributed by atoms with van der Waals surface area (Å²) in [6.45, 7) is 8.02. The number of aliphatic imine (C=N–C) groups is 2. The van der Waals surface area contributed by atoms with Crippen LogP contribution in [0.5, 0.6) is 0 Å². The first kappa shape index (κ1) is 18.5. The molecule has 134 valence electrons. The van der Waals surface area contributed by atoms with Gasteiger partial charge in [0.1, 0.15) is 17.3 Å². The third-order valence-electron chi connectivity index (χ3n) is 3.39. The molecule has 7 nitrogen and oxygen atoms in total. The topological polar surface area (TPSA) is 98.3 Å². The molecule has 1 aliphatic rings. The number of aliphatic hydroxyl groups excluding tert-OH is 1. The van der Waals surface area contributed by atoms with Gasteiger partial charge in [0.15, 0.2) is 5.84 Å². The van der Waals surface area contributed by atoms with Gasteiger partial charge in [0.25, 0.3) is 0 Å². The number of anilines is 1. The van der Waals surface area contributed by atoms with Gasteiger partial charge in [0.2, 0.25) is 5.96 Å². The Morgan fingerprint density at radius 3 is 2.80 bits per heavy atom. The van der Waals surface area contributed by atoms with E-state index in [9.17, 15) is 4.39 Å². The number of nitrogens with zero attached hydrogens (tertiary/aromatic N) is 3. The van der Waals surface area contributed by atoms with E-state index in [0.717, 1.165) is 0 Å². The van der Waals surface area contributed by atoms with E-state index >= 15 is 0 Å². The number of halogens is 1. The van der Waals surface area contributed by atoms with Gasteiger partial charge in [-0.05, 0) is 26.0 Å². The highest BCUT2D eigenvalue weighted by Gasteiger charge is 2.31. The molecule has 0 saturated heterocycles. The van der Waals surface area contributed by atoms with Crippen LogP contribution in [-0.4, -0.2) is 41.0 Å². The number of nitrogens with one attached hydrogen (secondary N) is 2. The lowest BCUT2D eigenvalue weighted by atomic mass is 10.3. The number of nitrogens with two attached hydrogens (primary N) is 1. The molecule has 0 atom stereocenters. The molecule has 0 radical (unpaired) electrons. The zero-order chi connectivity index (χ0) is 18.4. The molecule has 0 fully saturated rings. The number of hydrogen-bond donors (Lipinski definition) is 4. The first-order valence-corrected chi connectivity index (χ1v) is 7.92. The molecular formula is C17H23FN6O. The summed E-state index contributed by atoms with van der Waals surface area (Å²) in [5, 5.41) is 14.7. The van der Waals surface area contributed by atoms with E-state index in [1.54, 1.807) is 23.1 Å². The van der Waals surface area contributed by atoms with E-state index in [2.05, 4.69) is 27.2 Å². The van der Waals surface area contributed by atoms with Gasteiger partial charge in [0, 0.05) is 18.8 Å². The quantitative estimate of drug-likeness (QED) is 0.627. The van der Waals surface area contributed by atoms with Gasteiger partial charge >= 0.3 is 0 Å². The summed E-state index contributed by atoms with van der Waals surface area (Å²) in [5.41, 5.74) is 6.43. The SMILES string of the molecule is C=C(/N=C1\C(=C/N)N=C(Nc2ccccc2F)N1C(C)C)NCCO. The van der Waals surface area contributed by atoms with Crippen molar-refractivity contribution >= 4 is 17.5 Å². The minimum absolute atomic E-state index is 0.0140. The van der Waals surface area contributed by atoms with Gasteiger partial charge in [-0.25, -0.2) is 14.4 Å². The number of aliphatic hydroxyl groups is 1.